The van der Waals surface area contributed by atoms with Crippen molar-refractivity contribution >= 4 is 5.91 Å². The number of halogens is 1. The molecule has 1 aliphatic heterocycles. The standard InChI is InChI=1S/C16H22FNO3/c1-20-12-16(19)18-9-6-13(7-10-18)8-11-21-15-5-3-2-4-14(15)17/h2-5,13H,6-12H2,1H3. The molecule has 1 heterocycles. The number of hydrogen-bond acceptors (Lipinski definition) is 3. The minimum absolute atomic E-state index is 0.0542. The fraction of sp³-hybridized carbons (Fsp3) is 0.562. The zero-order valence-electron chi connectivity index (χ0n) is 12.4. The maximum atomic E-state index is 13.4. The van der Waals surface area contributed by atoms with Gasteiger partial charge in [0.1, 0.15) is 6.61 Å². The van der Waals surface area contributed by atoms with Gasteiger partial charge in [0.15, 0.2) is 11.6 Å². The zero-order valence-corrected chi connectivity index (χ0v) is 12.4. The number of carbonyl (C=O) groups excluding carboxylic acids is 1. The molecule has 0 unspecified atom stereocenters. The Balaban J connectivity index is 1.67. The monoisotopic (exact) mass is 295 g/mol. The van der Waals surface area contributed by atoms with E-state index in [1.165, 1.54) is 13.2 Å². The van der Waals surface area contributed by atoms with E-state index >= 15 is 0 Å². The van der Waals surface area contributed by atoms with Gasteiger partial charge in [-0.2, -0.15) is 0 Å². The number of hydrogen-bond donors (Lipinski definition) is 0. The number of rotatable bonds is 6. The van der Waals surface area contributed by atoms with Crippen molar-refractivity contribution in [1.29, 1.82) is 0 Å². The number of ether oxygens (including phenoxy) is 2. The average Bonchev–Trinajstić information content (AvgIpc) is 2.50. The first kappa shape index (κ1) is 15.8. The first-order valence-corrected chi connectivity index (χ1v) is 7.34. The maximum absolute atomic E-state index is 13.4. The number of amides is 1. The molecule has 0 saturated carbocycles. The Morgan fingerprint density at radius 2 is 2.05 bits per heavy atom. The van der Waals surface area contributed by atoms with Crippen LogP contribution in [0.1, 0.15) is 19.3 Å². The largest absolute Gasteiger partial charge is 0.491 e. The van der Waals surface area contributed by atoms with Crippen molar-refractivity contribution in [2.75, 3.05) is 33.4 Å². The van der Waals surface area contributed by atoms with Crippen LogP contribution in [-0.2, 0) is 9.53 Å². The first-order chi connectivity index (χ1) is 10.2. The van der Waals surface area contributed by atoms with Crippen LogP contribution in [0.3, 0.4) is 0 Å². The van der Waals surface area contributed by atoms with Crippen LogP contribution < -0.4 is 4.74 Å². The van der Waals surface area contributed by atoms with E-state index < -0.39 is 0 Å². The van der Waals surface area contributed by atoms with Crippen molar-refractivity contribution in [1.82, 2.24) is 4.90 Å². The second kappa shape index (κ2) is 7.98. The third-order valence-corrected chi connectivity index (χ3v) is 3.86. The third kappa shape index (κ3) is 4.70. The normalized spacial score (nSPS) is 16.0. The Labute approximate surface area is 124 Å². The molecule has 0 atom stereocenters. The molecule has 0 aromatic heterocycles. The van der Waals surface area contributed by atoms with E-state index in [1.807, 2.05) is 4.90 Å². The minimum atomic E-state index is -0.322. The van der Waals surface area contributed by atoms with Crippen molar-refractivity contribution in [3.63, 3.8) is 0 Å². The molecule has 1 amide bonds. The van der Waals surface area contributed by atoms with Crippen LogP contribution in [0.15, 0.2) is 24.3 Å². The summed E-state index contributed by atoms with van der Waals surface area (Å²) < 4.78 is 23.7. The summed E-state index contributed by atoms with van der Waals surface area (Å²) in [5.74, 6) is 0.574. The molecule has 1 aromatic carbocycles. The highest BCUT2D eigenvalue weighted by Crippen LogP contribution is 2.22. The molecule has 1 fully saturated rings. The Morgan fingerprint density at radius 3 is 2.71 bits per heavy atom. The Kier molecular flexibility index (Phi) is 5.99. The molecule has 0 spiro atoms. The predicted octanol–water partition coefficient (Wildman–Crippen LogP) is 2.48. The fourth-order valence-corrected chi connectivity index (χ4v) is 2.58. The second-order valence-corrected chi connectivity index (χ2v) is 5.32. The highest BCUT2D eigenvalue weighted by molar-refractivity contribution is 5.77. The molecule has 1 saturated heterocycles. The molecule has 4 nitrogen and oxygen atoms in total. The fourth-order valence-electron chi connectivity index (χ4n) is 2.58. The predicted molar refractivity (Wildman–Crippen MR) is 77.7 cm³/mol. The molecule has 1 aromatic rings. The van der Waals surface area contributed by atoms with E-state index in [2.05, 4.69) is 0 Å². The molecule has 21 heavy (non-hydrogen) atoms. The van der Waals surface area contributed by atoms with Crippen LogP contribution in [0.5, 0.6) is 5.75 Å². The highest BCUT2D eigenvalue weighted by Gasteiger charge is 2.22. The second-order valence-electron chi connectivity index (χ2n) is 5.32. The summed E-state index contributed by atoms with van der Waals surface area (Å²) in [6.07, 6.45) is 2.83. The number of para-hydroxylation sites is 1. The topological polar surface area (TPSA) is 38.8 Å². The summed E-state index contributed by atoms with van der Waals surface area (Å²) >= 11 is 0. The van der Waals surface area contributed by atoms with Gasteiger partial charge in [0, 0.05) is 20.2 Å². The van der Waals surface area contributed by atoms with Crippen molar-refractivity contribution in [3.8, 4) is 5.75 Å². The van der Waals surface area contributed by atoms with Gasteiger partial charge in [-0.1, -0.05) is 12.1 Å². The summed E-state index contributed by atoms with van der Waals surface area (Å²) in [7, 11) is 1.53. The lowest BCUT2D eigenvalue weighted by Crippen LogP contribution is -2.40. The van der Waals surface area contributed by atoms with E-state index in [9.17, 15) is 9.18 Å². The van der Waals surface area contributed by atoms with E-state index in [4.69, 9.17) is 9.47 Å². The highest BCUT2D eigenvalue weighted by atomic mass is 19.1. The minimum Gasteiger partial charge on any atom is -0.491 e. The van der Waals surface area contributed by atoms with Gasteiger partial charge in [0.05, 0.1) is 6.61 Å². The van der Waals surface area contributed by atoms with Crippen molar-refractivity contribution in [2.45, 2.75) is 19.3 Å². The Bertz CT molecular complexity index is 459. The van der Waals surface area contributed by atoms with Gasteiger partial charge < -0.3 is 14.4 Å². The van der Waals surface area contributed by atoms with Gasteiger partial charge in [-0.3, -0.25) is 4.79 Å². The van der Waals surface area contributed by atoms with Gasteiger partial charge in [-0.05, 0) is 37.3 Å². The Hall–Kier alpha value is -1.62. The molecule has 5 heteroatoms. The lowest BCUT2D eigenvalue weighted by molar-refractivity contribution is -0.136. The van der Waals surface area contributed by atoms with E-state index in [0.29, 0.717) is 18.3 Å². The molecular formula is C16H22FNO3. The summed E-state index contributed by atoms with van der Waals surface area (Å²) in [5.41, 5.74) is 0. The molecule has 0 radical (unpaired) electrons. The summed E-state index contributed by atoms with van der Waals surface area (Å²) in [4.78, 5) is 13.5. The number of piperidine rings is 1. The third-order valence-electron chi connectivity index (χ3n) is 3.86. The van der Waals surface area contributed by atoms with Crippen LogP contribution in [-0.4, -0.2) is 44.2 Å². The first-order valence-electron chi connectivity index (χ1n) is 7.34. The molecule has 116 valence electrons. The maximum Gasteiger partial charge on any atom is 0.248 e. The smallest absolute Gasteiger partial charge is 0.248 e. The molecule has 0 bridgehead atoms. The van der Waals surface area contributed by atoms with Crippen LogP contribution in [0.2, 0.25) is 0 Å². The lowest BCUT2D eigenvalue weighted by Gasteiger charge is -2.31. The quantitative estimate of drug-likeness (QED) is 0.809. The van der Waals surface area contributed by atoms with Crippen LogP contribution in [0.25, 0.3) is 0 Å². The number of methoxy groups -OCH3 is 1. The number of likely N-dealkylation sites (tertiary alicyclic amines) is 1. The summed E-state index contributed by atoms with van der Waals surface area (Å²) in [5, 5.41) is 0. The number of benzene rings is 1. The van der Waals surface area contributed by atoms with E-state index in [1.54, 1.807) is 18.2 Å². The van der Waals surface area contributed by atoms with Crippen molar-refractivity contribution in [2.24, 2.45) is 5.92 Å². The molecule has 0 N–H and O–H groups in total. The summed E-state index contributed by atoms with van der Waals surface area (Å²) in [6.45, 7) is 2.21. The molecule has 2 rings (SSSR count). The van der Waals surface area contributed by atoms with Crippen LogP contribution in [0.4, 0.5) is 4.39 Å². The molecule has 0 aliphatic carbocycles. The van der Waals surface area contributed by atoms with Crippen LogP contribution >= 0.6 is 0 Å². The molecule has 1 aliphatic rings. The lowest BCUT2D eigenvalue weighted by atomic mass is 9.94. The zero-order chi connectivity index (χ0) is 15.1. The van der Waals surface area contributed by atoms with E-state index in [-0.39, 0.29) is 18.3 Å². The van der Waals surface area contributed by atoms with Crippen molar-refractivity contribution in [3.05, 3.63) is 30.1 Å². The number of carbonyl (C=O) groups is 1. The summed E-state index contributed by atoms with van der Waals surface area (Å²) in [6, 6.07) is 6.45. The van der Waals surface area contributed by atoms with E-state index in [0.717, 1.165) is 32.4 Å². The SMILES string of the molecule is COCC(=O)N1CCC(CCOc2ccccc2F)CC1. The van der Waals surface area contributed by atoms with Gasteiger partial charge in [-0.25, -0.2) is 4.39 Å². The van der Waals surface area contributed by atoms with Crippen LogP contribution in [0, 0.1) is 11.7 Å². The van der Waals surface area contributed by atoms with Gasteiger partial charge in [0.2, 0.25) is 5.91 Å². The Morgan fingerprint density at radius 1 is 1.33 bits per heavy atom. The van der Waals surface area contributed by atoms with Gasteiger partial charge in [0.25, 0.3) is 0 Å². The number of nitrogens with zero attached hydrogens (tertiary/aromatic N) is 1. The molecular weight excluding hydrogens is 273 g/mol. The average molecular weight is 295 g/mol. The van der Waals surface area contributed by atoms with Gasteiger partial charge in [-0.15, -0.1) is 0 Å². The van der Waals surface area contributed by atoms with Gasteiger partial charge >= 0.3 is 0 Å². The van der Waals surface area contributed by atoms with Crippen molar-refractivity contribution < 1.29 is 18.7 Å².